The van der Waals surface area contributed by atoms with Gasteiger partial charge in [0.05, 0.1) is 0 Å². The topological polar surface area (TPSA) is 37.8 Å². The molecule has 1 saturated carbocycles. The van der Waals surface area contributed by atoms with E-state index >= 15 is 0 Å². The maximum Gasteiger partial charge on any atom is 0.115 e. The van der Waals surface area contributed by atoms with E-state index in [1.54, 1.807) is 6.33 Å². The molecule has 2 unspecified atom stereocenters. The number of nitrogens with zero attached hydrogens (tertiary/aromatic N) is 2. The van der Waals surface area contributed by atoms with Crippen LogP contribution in [0.3, 0.4) is 0 Å². The molecule has 94 valence electrons. The molecule has 0 saturated heterocycles. The zero-order valence-electron chi connectivity index (χ0n) is 10.9. The lowest BCUT2D eigenvalue weighted by atomic mass is 9.78. The Kier molecular flexibility index (Phi) is 4.49. The van der Waals surface area contributed by atoms with Crippen molar-refractivity contribution in [2.24, 2.45) is 11.8 Å². The molecule has 1 fully saturated rings. The van der Waals surface area contributed by atoms with Crippen LogP contribution in [0, 0.1) is 11.8 Å². The van der Waals surface area contributed by atoms with Crippen LogP contribution in [0.1, 0.15) is 45.1 Å². The number of nitrogens with one attached hydrogen (secondary N) is 1. The van der Waals surface area contributed by atoms with Crippen molar-refractivity contribution in [3.8, 4) is 0 Å². The molecule has 1 N–H and O–H groups in total. The zero-order valence-corrected chi connectivity index (χ0v) is 10.9. The van der Waals surface area contributed by atoms with Gasteiger partial charge in [0, 0.05) is 30.5 Å². The van der Waals surface area contributed by atoms with Crippen molar-refractivity contribution in [2.45, 2.75) is 52.1 Å². The molecule has 3 nitrogen and oxygen atoms in total. The molecule has 0 aromatic carbocycles. The summed E-state index contributed by atoms with van der Waals surface area (Å²) in [6.45, 7) is 5.58. The van der Waals surface area contributed by atoms with E-state index in [1.807, 2.05) is 12.4 Å². The summed E-state index contributed by atoms with van der Waals surface area (Å²) >= 11 is 0. The van der Waals surface area contributed by atoms with Crippen molar-refractivity contribution in [1.29, 1.82) is 0 Å². The van der Waals surface area contributed by atoms with Gasteiger partial charge in [0.1, 0.15) is 6.33 Å². The summed E-state index contributed by atoms with van der Waals surface area (Å²) in [6, 6.07) is 0.670. The molecule has 1 aliphatic rings. The third-order valence-electron chi connectivity index (χ3n) is 3.86. The fourth-order valence-corrected chi connectivity index (χ4v) is 2.88. The summed E-state index contributed by atoms with van der Waals surface area (Å²) in [4.78, 5) is 8.10. The third kappa shape index (κ3) is 3.50. The molecule has 1 aromatic heterocycles. The fraction of sp³-hybridized carbons (Fsp3) is 0.714. The van der Waals surface area contributed by atoms with Crippen LogP contribution in [0.15, 0.2) is 18.7 Å². The quantitative estimate of drug-likeness (QED) is 0.869. The molecule has 3 heteroatoms. The van der Waals surface area contributed by atoms with Crippen molar-refractivity contribution in [3.05, 3.63) is 24.3 Å². The molecule has 17 heavy (non-hydrogen) atoms. The average molecular weight is 233 g/mol. The lowest BCUT2D eigenvalue weighted by Crippen LogP contribution is -2.40. The highest BCUT2D eigenvalue weighted by Gasteiger charge is 2.26. The second kappa shape index (κ2) is 6.10. The van der Waals surface area contributed by atoms with E-state index in [-0.39, 0.29) is 0 Å². The van der Waals surface area contributed by atoms with Gasteiger partial charge in [0.2, 0.25) is 0 Å². The van der Waals surface area contributed by atoms with Crippen molar-refractivity contribution < 1.29 is 0 Å². The Morgan fingerprint density at radius 1 is 1.24 bits per heavy atom. The van der Waals surface area contributed by atoms with Crippen LogP contribution in [0.25, 0.3) is 0 Å². The summed E-state index contributed by atoms with van der Waals surface area (Å²) in [5, 5.41) is 3.69. The lowest BCUT2D eigenvalue weighted by molar-refractivity contribution is 0.204. The Balaban J connectivity index is 1.88. The minimum absolute atomic E-state index is 0.670. The smallest absolute Gasteiger partial charge is 0.115 e. The Bertz CT molecular complexity index is 323. The van der Waals surface area contributed by atoms with Gasteiger partial charge in [-0.25, -0.2) is 9.97 Å². The van der Waals surface area contributed by atoms with Gasteiger partial charge >= 0.3 is 0 Å². The van der Waals surface area contributed by atoms with Crippen molar-refractivity contribution in [2.75, 3.05) is 0 Å². The second-order valence-electron chi connectivity index (χ2n) is 5.43. The maximum atomic E-state index is 4.05. The summed E-state index contributed by atoms with van der Waals surface area (Å²) in [5.41, 5.74) is 1.18. The summed E-state index contributed by atoms with van der Waals surface area (Å²) in [6.07, 6.45) is 10.8. The molecular formula is C14H23N3. The minimum Gasteiger partial charge on any atom is -0.310 e. The SMILES string of the molecule is CC(C)C1CCCCC1NCc1cncnc1. The molecule has 2 rings (SSSR count). The second-order valence-corrected chi connectivity index (χ2v) is 5.43. The van der Waals surface area contributed by atoms with Gasteiger partial charge in [-0.15, -0.1) is 0 Å². The molecule has 0 radical (unpaired) electrons. The van der Waals surface area contributed by atoms with Crippen molar-refractivity contribution >= 4 is 0 Å². The van der Waals surface area contributed by atoms with Crippen LogP contribution in [0.4, 0.5) is 0 Å². The zero-order chi connectivity index (χ0) is 12.1. The highest BCUT2D eigenvalue weighted by molar-refractivity contribution is 5.02. The Morgan fingerprint density at radius 2 is 1.94 bits per heavy atom. The predicted molar refractivity (Wildman–Crippen MR) is 69.5 cm³/mol. The van der Waals surface area contributed by atoms with E-state index in [2.05, 4.69) is 29.1 Å². The molecule has 0 aliphatic heterocycles. The minimum atomic E-state index is 0.670. The number of aromatic nitrogens is 2. The van der Waals surface area contributed by atoms with Gasteiger partial charge < -0.3 is 5.32 Å². The van der Waals surface area contributed by atoms with E-state index in [0.717, 1.165) is 18.4 Å². The number of hydrogen-bond donors (Lipinski definition) is 1. The van der Waals surface area contributed by atoms with Crippen molar-refractivity contribution in [1.82, 2.24) is 15.3 Å². The first kappa shape index (κ1) is 12.5. The third-order valence-corrected chi connectivity index (χ3v) is 3.86. The fourth-order valence-electron chi connectivity index (χ4n) is 2.88. The molecule has 0 spiro atoms. The molecule has 1 aromatic rings. The number of rotatable bonds is 4. The van der Waals surface area contributed by atoms with Gasteiger partial charge in [0.15, 0.2) is 0 Å². The van der Waals surface area contributed by atoms with Crippen molar-refractivity contribution in [3.63, 3.8) is 0 Å². The molecule has 1 aliphatic carbocycles. The first-order chi connectivity index (χ1) is 8.27. The first-order valence-corrected chi connectivity index (χ1v) is 6.74. The Labute approximate surface area is 104 Å². The van der Waals surface area contributed by atoms with E-state index in [9.17, 15) is 0 Å². The lowest BCUT2D eigenvalue weighted by Gasteiger charge is -2.35. The molecule has 0 bridgehead atoms. The molecular weight excluding hydrogens is 210 g/mol. The van der Waals surface area contributed by atoms with Crippen LogP contribution in [0.2, 0.25) is 0 Å². The normalized spacial score (nSPS) is 25.1. The van der Waals surface area contributed by atoms with Gasteiger partial charge in [-0.05, 0) is 24.7 Å². The standard InChI is InChI=1S/C14H23N3/c1-11(2)13-5-3-4-6-14(13)17-9-12-7-15-10-16-8-12/h7-8,10-11,13-14,17H,3-6,9H2,1-2H3. The average Bonchev–Trinajstić information content (AvgIpc) is 2.38. The molecule has 2 atom stereocenters. The molecule has 0 amide bonds. The highest BCUT2D eigenvalue weighted by atomic mass is 14.9. The summed E-state index contributed by atoms with van der Waals surface area (Å²) < 4.78 is 0. The predicted octanol–water partition coefficient (Wildman–Crippen LogP) is 2.78. The monoisotopic (exact) mass is 233 g/mol. The van der Waals surface area contributed by atoms with Gasteiger partial charge in [-0.2, -0.15) is 0 Å². The van der Waals surface area contributed by atoms with E-state index in [4.69, 9.17) is 0 Å². The Hall–Kier alpha value is -0.960. The largest absolute Gasteiger partial charge is 0.310 e. The van der Waals surface area contributed by atoms with Gasteiger partial charge in [-0.3, -0.25) is 0 Å². The van der Waals surface area contributed by atoms with Crippen LogP contribution in [-0.2, 0) is 6.54 Å². The summed E-state index contributed by atoms with van der Waals surface area (Å²) in [7, 11) is 0. The molecule has 1 heterocycles. The van der Waals surface area contributed by atoms with Crippen LogP contribution < -0.4 is 5.32 Å². The highest BCUT2D eigenvalue weighted by Crippen LogP contribution is 2.30. The van der Waals surface area contributed by atoms with E-state index in [0.29, 0.717) is 6.04 Å². The van der Waals surface area contributed by atoms with Crippen LogP contribution in [0.5, 0.6) is 0 Å². The van der Waals surface area contributed by atoms with Gasteiger partial charge in [0.25, 0.3) is 0 Å². The van der Waals surface area contributed by atoms with Crippen LogP contribution >= 0.6 is 0 Å². The van der Waals surface area contributed by atoms with Crippen LogP contribution in [-0.4, -0.2) is 16.0 Å². The van der Waals surface area contributed by atoms with E-state index in [1.165, 1.54) is 31.2 Å². The first-order valence-electron chi connectivity index (χ1n) is 6.74. The van der Waals surface area contributed by atoms with E-state index < -0.39 is 0 Å². The van der Waals surface area contributed by atoms with Gasteiger partial charge in [-0.1, -0.05) is 26.7 Å². The Morgan fingerprint density at radius 3 is 2.65 bits per heavy atom. The maximum absolute atomic E-state index is 4.05. The number of hydrogen-bond acceptors (Lipinski definition) is 3. The summed E-state index contributed by atoms with van der Waals surface area (Å²) in [5.74, 6) is 1.60.